The van der Waals surface area contributed by atoms with Crippen LogP contribution in [0.15, 0.2) is 0 Å². The van der Waals surface area contributed by atoms with Crippen molar-refractivity contribution >= 4 is 5.78 Å². The molecular formula is C15H33NO. The Morgan fingerprint density at radius 2 is 1.35 bits per heavy atom. The molecule has 0 bridgehead atoms. The second-order valence-electron chi connectivity index (χ2n) is 4.70. The third-order valence-electron chi connectivity index (χ3n) is 2.55. The van der Waals surface area contributed by atoms with Crippen LogP contribution in [-0.2, 0) is 4.79 Å². The normalized spacial score (nSPS) is 10.0. The highest BCUT2D eigenvalue weighted by atomic mass is 16.1. The van der Waals surface area contributed by atoms with E-state index in [1.165, 1.54) is 25.9 Å². The fourth-order valence-corrected chi connectivity index (χ4v) is 1.65. The summed E-state index contributed by atoms with van der Waals surface area (Å²) in [5, 5.41) is 0. The summed E-state index contributed by atoms with van der Waals surface area (Å²) in [5.74, 6) is 0.430. The van der Waals surface area contributed by atoms with Gasteiger partial charge in [0.1, 0.15) is 5.78 Å². The predicted octanol–water partition coefficient (Wildman–Crippen LogP) is 4.28. The molecule has 0 saturated heterocycles. The van der Waals surface area contributed by atoms with Crippen LogP contribution >= 0.6 is 0 Å². The van der Waals surface area contributed by atoms with Crippen LogP contribution in [-0.4, -0.2) is 30.8 Å². The zero-order valence-corrected chi connectivity index (χ0v) is 12.7. The van der Waals surface area contributed by atoms with E-state index in [4.69, 9.17) is 0 Å². The first kappa shape index (κ1) is 19.0. The van der Waals surface area contributed by atoms with E-state index in [2.05, 4.69) is 32.7 Å². The standard InChI is InChI=1S/C8H16O.C7H17N/c1-3-5-7-8(9)6-4-2;1-4-6-8(3)7-5-2/h3-7H2,1-2H3;4-7H2,1-3H3. The summed E-state index contributed by atoms with van der Waals surface area (Å²) in [6.07, 6.45) is 7.33. The monoisotopic (exact) mass is 243 g/mol. The van der Waals surface area contributed by atoms with Gasteiger partial charge < -0.3 is 4.90 Å². The Morgan fingerprint density at radius 1 is 0.824 bits per heavy atom. The molecule has 2 nitrogen and oxygen atoms in total. The Labute approximate surface area is 109 Å². The molecule has 2 heteroatoms. The second kappa shape index (κ2) is 15.6. The lowest BCUT2D eigenvalue weighted by Gasteiger charge is -2.12. The van der Waals surface area contributed by atoms with Gasteiger partial charge in [0.25, 0.3) is 0 Å². The minimum atomic E-state index is 0.430. The molecule has 0 unspecified atom stereocenters. The maximum atomic E-state index is 10.8. The van der Waals surface area contributed by atoms with E-state index in [0.717, 1.165) is 32.1 Å². The predicted molar refractivity (Wildman–Crippen MR) is 77.5 cm³/mol. The van der Waals surface area contributed by atoms with Gasteiger partial charge in [-0.1, -0.05) is 34.1 Å². The number of hydrogen-bond donors (Lipinski definition) is 0. The van der Waals surface area contributed by atoms with Crippen LogP contribution in [0.3, 0.4) is 0 Å². The van der Waals surface area contributed by atoms with Crippen molar-refractivity contribution < 1.29 is 4.79 Å². The average Bonchev–Trinajstić information content (AvgIpc) is 2.28. The van der Waals surface area contributed by atoms with Crippen LogP contribution in [0.4, 0.5) is 0 Å². The topological polar surface area (TPSA) is 20.3 Å². The minimum absolute atomic E-state index is 0.430. The van der Waals surface area contributed by atoms with Gasteiger partial charge in [0.15, 0.2) is 0 Å². The second-order valence-corrected chi connectivity index (χ2v) is 4.70. The quantitative estimate of drug-likeness (QED) is 0.602. The van der Waals surface area contributed by atoms with Gasteiger partial charge in [-0.2, -0.15) is 0 Å². The number of unbranched alkanes of at least 4 members (excludes halogenated alkanes) is 1. The van der Waals surface area contributed by atoms with Crippen LogP contribution in [0.2, 0.25) is 0 Å². The van der Waals surface area contributed by atoms with Gasteiger partial charge in [-0.05, 0) is 45.8 Å². The molecule has 0 radical (unpaired) electrons. The molecule has 0 aromatic heterocycles. The first-order valence-electron chi connectivity index (χ1n) is 7.32. The molecule has 0 rings (SSSR count). The van der Waals surface area contributed by atoms with E-state index in [9.17, 15) is 4.79 Å². The minimum Gasteiger partial charge on any atom is -0.306 e. The number of hydrogen-bond acceptors (Lipinski definition) is 2. The maximum Gasteiger partial charge on any atom is 0.132 e. The molecule has 0 heterocycles. The van der Waals surface area contributed by atoms with Crippen LogP contribution in [0, 0.1) is 0 Å². The maximum absolute atomic E-state index is 10.8. The van der Waals surface area contributed by atoms with Crippen molar-refractivity contribution in [3.63, 3.8) is 0 Å². The van der Waals surface area contributed by atoms with Gasteiger partial charge in [0.2, 0.25) is 0 Å². The third kappa shape index (κ3) is 18.2. The highest BCUT2D eigenvalue weighted by molar-refractivity contribution is 5.78. The van der Waals surface area contributed by atoms with Crippen LogP contribution in [0.1, 0.15) is 72.6 Å². The lowest BCUT2D eigenvalue weighted by atomic mass is 10.1. The van der Waals surface area contributed by atoms with Gasteiger partial charge >= 0.3 is 0 Å². The largest absolute Gasteiger partial charge is 0.306 e. The summed E-state index contributed by atoms with van der Waals surface area (Å²) >= 11 is 0. The smallest absolute Gasteiger partial charge is 0.132 e. The molecule has 17 heavy (non-hydrogen) atoms. The van der Waals surface area contributed by atoms with Crippen LogP contribution in [0.25, 0.3) is 0 Å². The van der Waals surface area contributed by atoms with Crippen molar-refractivity contribution in [1.29, 1.82) is 0 Å². The molecule has 0 aliphatic heterocycles. The van der Waals surface area contributed by atoms with Crippen LogP contribution in [0.5, 0.6) is 0 Å². The molecule has 0 aromatic carbocycles. The Kier molecular flexibility index (Phi) is 17.5. The van der Waals surface area contributed by atoms with Crippen molar-refractivity contribution in [3.05, 3.63) is 0 Å². The Morgan fingerprint density at radius 3 is 1.71 bits per heavy atom. The number of ketones is 1. The zero-order chi connectivity index (χ0) is 13.5. The number of carbonyl (C=O) groups is 1. The molecular weight excluding hydrogens is 210 g/mol. The molecule has 0 fully saturated rings. The molecule has 0 aromatic rings. The van der Waals surface area contributed by atoms with Crippen molar-refractivity contribution in [3.8, 4) is 0 Å². The number of rotatable bonds is 9. The van der Waals surface area contributed by atoms with Gasteiger partial charge in [-0.15, -0.1) is 0 Å². The molecule has 0 aliphatic rings. The van der Waals surface area contributed by atoms with E-state index >= 15 is 0 Å². The summed E-state index contributed by atoms with van der Waals surface area (Å²) in [7, 11) is 2.17. The Bertz CT molecular complexity index is 151. The number of nitrogens with zero attached hydrogens (tertiary/aromatic N) is 1. The summed E-state index contributed by atoms with van der Waals surface area (Å²) in [6.45, 7) is 11.1. The first-order valence-corrected chi connectivity index (χ1v) is 7.32. The Balaban J connectivity index is 0. The van der Waals surface area contributed by atoms with E-state index in [0.29, 0.717) is 5.78 Å². The molecule has 0 spiro atoms. The number of Topliss-reactive ketones (excluding diaryl/α,β-unsaturated/α-hetero) is 1. The van der Waals surface area contributed by atoms with Crippen molar-refractivity contribution in [2.45, 2.75) is 72.6 Å². The number of carbonyl (C=O) groups excluding carboxylic acids is 1. The molecule has 0 aliphatic carbocycles. The third-order valence-corrected chi connectivity index (χ3v) is 2.55. The zero-order valence-electron chi connectivity index (χ0n) is 12.7. The lowest BCUT2D eigenvalue weighted by Crippen LogP contribution is -2.19. The van der Waals surface area contributed by atoms with E-state index in [-0.39, 0.29) is 0 Å². The summed E-state index contributed by atoms with van der Waals surface area (Å²) in [5.41, 5.74) is 0. The van der Waals surface area contributed by atoms with E-state index in [1.54, 1.807) is 0 Å². The molecule has 0 saturated carbocycles. The van der Waals surface area contributed by atoms with Crippen molar-refractivity contribution in [2.75, 3.05) is 20.1 Å². The molecule has 104 valence electrons. The van der Waals surface area contributed by atoms with E-state index < -0.39 is 0 Å². The fraction of sp³-hybridized carbons (Fsp3) is 0.933. The van der Waals surface area contributed by atoms with Gasteiger partial charge in [0, 0.05) is 12.8 Å². The average molecular weight is 243 g/mol. The van der Waals surface area contributed by atoms with Crippen molar-refractivity contribution in [1.82, 2.24) is 4.90 Å². The molecule has 0 N–H and O–H groups in total. The first-order chi connectivity index (χ1) is 8.12. The highest BCUT2D eigenvalue weighted by Gasteiger charge is 1.96. The van der Waals surface area contributed by atoms with Gasteiger partial charge in [0.05, 0.1) is 0 Å². The Hall–Kier alpha value is -0.370. The lowest BCUT2D eigenvalue weighted by molar-refractivity contribution is -0.119. The van der Waals surface area contributed by atoms with Gasteiger partial charge in [-0.3, -0.25) is 4.79 Å². The highest BCUT2D eigenvalue weighted by Crippen LogP contribution is 1.99. The SMILES string of the molecule is CCCCC(=O)CCC.CCCN(C)CCC. The fourth-order valence-electron chi connectivity index (χ4n) is 1.65. The summed E-state index contributed by atoms with van der Waals surface area (Å²) in [4.78, 5) is 13.2. The molecule has 0 amide bonds. The summed E-state index contributed by atoms with van der Waals surface area (Å²) < 4.78 is 0. The van der Waals surface area contributed by atoms with Crippen molar-refractivity contribution in [2.24, 2.45) is 0 Å². The van der Waals surface area contributed by atoms with Crippen LogP contribution < -0.4 is 0 Å². The summed E-state index contributed by atoms with van der Waals surface area (Å²) in [6, 6.07) is 0. The molecule has 0 atom stereocenters. The van der Waals surface area contributed by atoms with Gasteiger partial charge in [-0.25, -0.2) is 0 Å². The van der Waals surface area contributed by atoms with E-state index in [1.807, 2.05) is 6.92 Å².